The molecule has 28 heavy (non-hydrogen) atoms. The van der Waals surface area contributed by atoms with Crippen molar-refractivity contribution < 1.29 is 23.8 Å². The first-order valence-corrected chi connectivity index (χ1v) is 9.38. The number of methoxy groups -OCH3 is 2. The molecule has 7 nitrogen and oxygen atoms in total. The van der Waals surface area contributed by atoms with Crippen molar-refractivity contribution in [2.75, 3.05) is 14.2 Å². The molecule has 1 amide bonds. The Morgan fingerprint density at radius 3 is 2.54 bits per heavy atom. The normalized spacial score (nSPS) is 12.6. The highest BCUT2D eigenvalue weighted by Gasteiger charge is 2.17. The molecule has 0 aliphatic rings. The number of para-hydroxylation sites is 1. The summed E-state index contributed by atoms with van der Waals surface area (Å²) in [4.78, 5) is 29.0. The van der Waals surface area contributed by atoms with E-state index in [1.54, 1.807) is 36.8 Å². The zero-order valence-corrected chi connectivity index (χ0v) is 16.6. The second-order valence-electron chi connectivity index (χ2n) is 5.90. The van der Waals surface area contributed by atoms with Crippen LogP contribution >= 0.6 is 11.3 Å². The smallest absolute Gasteiger partial charge is 0.325 e. The van der Waals surface area contributed by atoms with Crippen LogP contribution in [0.25, 0.3) is 10.2 Å². The highest BCUT2D eigenvalue weighted by Crippen LogP contribution is 2.23. The number of nitrogens with zero attached hydrogens (tertiary/aromatic N) is 2. The van der Waals surface area contributed by atoms with E-state index in [4.69, 9.17) is 14.2 Å². The third-order valence-corrected chi connectivity index (χ3v) is 5.06. The molecule has 0 spiro atoms. The summed E-state index contributed by atoms with van der Waals surface area (Å²) in [7, 11) is 2.90. The summed E-state index contributed by atoms with van der Waals surface area (Å²) in [6.45, 7) is 1.59. The van der Waals surface area contributed by atoms with Crippen LogP contribution in [0.3, 0.4) is 0 Å². The monoisotopic (exact) mass is 400 g/mol. The van der Waals surface area contributed by atoms with E-state index in [0.29, 0.717) is 16.3 Å². The fraction of sp³-hybridized carbons (Fsp3) is 0.250. The molecule has 0 saturated carbocycles. The Hall–Kier alpha value is -3.13. The number of ether oxygens (including phenoxy) is 3. The second kappa shape index (κ2) is 8.71. The van der Waals surface area contributed by atoms with Crippen molar-refractivity contribution in [1.29, 1.82) is 0 Å². The van der Waals surface area contributed by atoms with E-state index in [0.717, 1.165) is 10.2 Å². The average Bonchev–Trinajstić information content (AvgIpc) is 3.04. The number of hydrogen-bond acceptors (Lipinski definition) is 6. The molecule has 0 N–H and O–H groups in total. The van der Waals surface area contributed by atoms with E-state index >= 15 is 0 Å². The lowest BCUT2D eigenvalue weighted by Gasteiger charge is -2.10. The number of esters is 1. The molecule has 1 aromatic heterocycles. The maximum Gasteiger partial charge on any atom is 0.325 e. The molecule has 0 fully saturated rings. The molecule has 0 aliphatic heterocycles. The van der Waals surface area contributed by atoms with Crippen LogP contribution in [0.5, 0.6) is 11.5 Å². The molecule has 1 unspecified atom stereocenters. The number of fused-ring (bicyclic) bond motifs is 1. The Labute approximate surface area is 165 Å². The second-order valence-corrected chi connectivity index (χ2v) is 6.91. The average molecular weight is 400 g/mol. The van der Waals surface area contributed by atoms with Crippen molar-refractivity contribution in [3.63, 3.8) is 0 Å². The minimum absolute atomic E-state index is 0.0527. The van der Waals surface area contributed by atoms with Gasteiger partial charge in [0.2, 0.25) is 0 Å². The van der Waals surface area contributed by atoms with Crippen molar-refractivity contribution >= 4 is 33.4 Å². The van der Waals surface area contributed by atoms with Crippen LogP contribution in [-0.2, 0) is 20.9 Å². The summed E-state index contributed by atoms with van der Waals surface area (Å²) >= 11 is 1.29. The molecule has 0 saturated heterocycles. The predicted molar refractivity (Wildman–Crippen MR) is 105 cm³/mol. The third kappa shape index (κ3) is 4.40. The first kappa shape index (κ1) is 19.6. The number of carbonyl (C=O) groups is 2. The SMILES string of the molecule is COC(=O)Cn1c(=NC(=O)C(C)Oc2ccccc2)sc2cc(OC)ccc21. The molecular formula is C20H20N2O5S. The zero-order chi connectivity index (χ0) is 20.1. The Morgan fingerprint density at radius 1 is 1.11 bits per heavy atom. The van der Waals surface area contributed by atoms with Crippen LogP contribution in [0, 0.1) is 0 Å². The summed E-state index contributed by atoms with van der Waals surface area (Å²) < 4.78 is 18.2. The Morgan fingerprint density at radius 2 is 1.86 bits per heavy atom. The van der Waals surface area contributed by atoms with Crippen molar-refractivity contribution in [3.05, 3.63) is 53.3 Å². The first-order chi connectivity index (χ1) is 13.5. The standard InChI is InChI=1S/C20H20N2O5S/c1-13(27-14-7-5-4-6-8-14)19(24)21-20-22(12-18(23)26-3)16-10-9-15(25-2)11-17(16)28-20/h4-11,13H,12H2,1-3H3. The Kier molecular flexibility index (Phi) is 6.10. The number of carbonyl (C=O) groups excluding carboxylic acids is 2. The summed E-state index contributed by atoms with van der Waals surface area (Å²) in [5.74, 6) is 0.388. The molecule has 146 valence electrons. The van der Waals surface area contributed by atoms with Gasteiger partial charge in [-0.2, -0.15) is 4.99 Å². The van der Waals surface area contributed by atoms with E-state index in [1.807, 2.05) is 30.3 Å². The number of hydrogen-bond donors (Lipinski definition) is 0. The van der Waals surface area contributed by atoms with Crippen LogP contribution < -0.4 is 14.3 Å². The minimum atomic E-state index is -0.770. The number of thiazole rings is 1. The van der Waals surface area contributed by atoms with Gasteiger partial charge >= 0.3 is 5.97 Å². The van der Waals surface area contributed by atoms with Gasteiger partial charge in [-0.05, 0) is 37.3 Å². The Bertz CT molecular complexity index is 1060. The molecule has 0 aliphatic carbocycles. The van der Waals surface area contributed by atoms with E-state index < -0.39 is 18.0 Å². The highest BCUT2D eigenvalue weighted by atomic mass is 32.1. The first-order valence-electron chi connectivity index (χ1n) is 8.56. The fourth-order valence-corrected chi connectivity index (χ4v) is 3.61. The van der Waals surface area contributed by atoms with Gasteiger partial charge in [-0.15, -0.1) is 0 Å². The van der Waals surface area contributed by atoms with Crippen LogP contribution in [0.4, 0.5) is 0 Å². The summed E-state index contributed by atoms with van der Waals surface area (Å²) in [5.41, 5.74) is 0.763. The molecule has 0 radical (unpaired) electrons. The van der Waals surface area contributed by atoms with E-state index in [2.05, 4.69) is 4.99 Å². The van der Waals surface area contributed by atoms with Gasteiger partial charge in [-0.1, -0.05) is 29.5 Å². The maximum atomic E-state index is 12.6. The maximum absolute atomic E-state index is 12.6. The number of amides is 1. The number of rotatable bonds is 6. The minimum Gasteiger partial charge on any atom is -0.497 e. The quantitative estimate of drug-likeness (QED) is 0.595. The van der Waals surface area contributed by atoms with Gasteiger partial charge in [0.25, 0.3) is 5.91 Å². The predicted octanol–water partition coefficient (Wildman–Crippen LogP) is 2.78. The van der Waals surface area contributed by atoms with Crippen LogP contribution in [0.15, 0.2) is 53.5 Å². The molecule has 3 aromatic rings. The van der Waals surface area contributed by atoms with E-state index in [9.17, 15) is 9.59 Å². The van der Waals surface area contributed by atoms with Gasteiger partial charge in [0, 0.05) is 0 Å². The molecular weight excluding hydrogens is 380 g/mol. The number of aromatic nitrogens is 1. The van der Waals surface area contributed by atoms with Gasteiger partial charge in [0.1, 0.15) is 18.0 Å². The van der Waals surface area contributed by atoms with Crippen molar-refractivity contribution in [1.82, 2.24) is 4.57 Å². The molecule has 0 bridgehead atoms. The summed E-state index contributed by atoms with van der Waals surface area (Å²) in [6.07, 6.45) is -0.770. The van der Waals surface area contributed by atoms with Crippen molar-refractivity contribution in [3.8, 4) is 11.5 Å². The lowest BCUT2D eigenvalue weighted by molar-refractivity contribution is -0.141. The topological polar surface area (TPSA) is 79.1 Å². The molecule has 1 atom stereocenters. The van der Waals surface area contributed by atoms with Gasteiger partial charge in [-0.3, -0.25) is 9.59 Å². The molecule has 3 rings (SSSR count). The van der Waals surface area contributed by atoms with Gasteiger partial charge in [0.05, 0.1) is 24.4 Å². The summed E-state index contributed by atoms with van der Waals surface area (Å²) in [5, 5.41) is 0. The number of benzene rings is 2. The van der Waals surface area contributed by atoms with Gasteiger partial charge < -0.3 is 18.8 Å². The lowest BCUT2D eigenvalue weighted by atomic mass is 10.3. The van der Waals surface area contributed by atoms with Gasteiger partial charge in [0.15, 0.2) is 10.9 Å². The highest BCUT2D eigenvalue weighted by molar-refractivity contribution is 7.16. The van der Waals surface area contributed by atoms with Crippen LogP contribution in [0.1, 0.15) is 6.92 Å². The molecule has 2 aromatic carbocycles. The Balaban J connectivity index is 1.98. The molecule has 8 heteroatoms. The van der Waals surface area contributed by atoms with Crippen molar-refractivity contribution in [2.45, 2.75) is 19.6 Å². The van der Waals surface area contributed by atoms with Crippen LogP contribution in [-0.4, -0.2) is 36.8 Å². The van der Waals surface area contributed by atoms with E-state index in [-0.39, 0.29) is 6.54 Å². The fourth-order valence-electron chi connectivity index (χ4n) is 2.55. The van der Waals surface area contributed by atoms with Crippen LogP contribution in [0.2, 0.25) is 0 Å². The van der Waals surface area contributed by atoms with Gasteiger partial charge in [-0.25, -0.2) is 0 Å². The zero-order valence-electron chi connectivity index (χ0n) is 15.7. The molecule has 1 heterocycles. The largest absolute Gasteiger partial charge is 0.497 e. The van der Waals surface area contributed by atoms with Crippen molar-refractivity contribution in [2.24, 2.45) is 4.99 Å². The third-order valence-electron chi connectivity index (χ3n) is 4.01. The van der Waals surface area contributed by atoms with E-state index in [1.165, 1.54) is 18.4 Å². The summed E-state index contributed by atoms with van der Waals surface area (Å²) in [6, 6.07) is 14.5. The lowest BCUT2D eigenvalue weighted by Crippen LogP contribution is -2.27.